The quantitative estimate of drug-likeness (QED) is 0.759. The number of rotatable bonds is 3. The molecule has 3 aromatic rings. The Morgan fingerprint density at radius 1 is 1.24 bits per heavy atom. The molecule has 1 atom stereocenters. The highest BCUT2D eigenvalue weighted by molar-refractivity contribution is 5.91. The number of fused-ring (bicyclic) bond motifs is 1. The summed E-state index contributed by atoms with van der Waals surface area (Å²) < 4.78 is 3.46. The van der Waals surface area contributed by atoms with Crippen LogP contribution in [-0.2, 0) is 0 Å². The number of carbonyl (C=O) groups excluding carboxylic acids is 1. The number of piperidine rings is 1. The van der Waals surface area contributed by atoms with Gasteiger partial charge in [0.05, 0.1) is 6.04 Å². The first-order chi connectivity index (χ1) is 12.1. The number of aromatic nitrogens is 6. The van der Waals surface area contributed by atoms with Crippen LogP contribution in [0.2, 0.25) is 0 Å². The average Bonchev–Trinajstić information content (AvgIpc) is 3.26. The molecule has 0 saturated carbocycles. The van der Waals surface area contributed by atoms with Crippen molar-refractivity contribution in [3.05, 3.63) is 35.9 Å². The molecule has 1 aliphatic heterocycles. The fourth-order valence-corrected chi connectivity index (χ4v) is 3.22. The van der Waals surface area contributed by atoms with E-state index >= 15 is 0 Å². The lowest BCUT2D eigenvalue weighted by atomic mass is 10.1. The molecule has 4 rings (SSSR count). The van der Waals surface area contributed by atoms with Crippen LogP contribution in [0.3, 0.4) is 0 Å². The van der Waals surface area contributed by atoms with Crippen molar-refractivity contribution in [3.8, 4) is 0 Å². The minimum atomic E-state index is -0.167. The van der Waals surface area contributed by atoms with Gasteiger partial charge in [-0.2, -0.15) is 5.10 Å². The van der Waals surface area contributed by atoms with E-state index in [1.165, 1.54) is 0 Å². The minimum absolute atomic E-state index is 0.167. The third kappa shape index (κ3) is 2.92. The highest BCUT2D eigenvalue weighted by atomic mass is 16.1. The zero-order valence-electron chi connectivity index (χ0n) is 14.3. The number of amides is 1. The van der Waals surface area contributed by atoms with Crippen LogP contribution in [-0.4, -0.2) is 55.6 Å². The number of hydrogen-bond acceptors (Lipinski definition) is 6. The number of nitrogens with zero attached hydrogens (tertiary/aromatic N) is 7. The smallest absolute Gasteiger partial charge is 0.271 e. The van der Waals surface area contributed by atoms with E-state index in [-0.39, 0.29) is 11.9 Å². The number of anilines is 1. The Balaban J connectivity index is 1.55. The van der Waals surface area contributed by atoms with Crippen LogP contribution in [0, 0.1) is 6.92 Å². The standard InChI is InChI=1S/C16H20N8O/c1-11-18-14-5-6-15(21-24(14)19-11)22-8-3-4-12(10-22)23-9-7-13(20-23)16(25)17-2/h5-7,9,12H,3-4,8,10H2,1-2H3,(H,17,25)/t12-/m0/s1. The predicted octanol–water partition coefficient (Wildman–Crippen LogP) is 0.830. The van der Waals surface area contributed by atoms with Gasteiger partial charge in [0, 0.05) is 26.3 Å². The lowest BCUT2D eigenvalue weighted by Crippen LogP contribution is -2.37. The molecule has 1 N–H and O–H groups in total. The van der Waals surface area contributed by atoms with Crippen molar-refractivity contribution in [1.82, 2.24) is 34.9 Å². The van der Waals surface area contributed by atoms with Gasteiger partial charge in [-0.15, -0.1) is 14.8 Å². The summed E-state index contributed by atoms with van der Waals surface area (Å²) in [4.78, 5) is 18.2. The first-order valence-corrected chi connectivity index (χ1v) is 8.37. The Morgan fingerprint density at radius 2 is 2.12 bits per heavy atom. The van der Waals surface area contributed by atoms with Crippen LogP contribution in [0.1, 0.15) is 35.2 Å². The van der Waals surface area contributed by atoms with Crippen LogP contribution >= 0.6 is 0 Å². The Hall–Kier alpha value is -2.97. The molecule has 4 heterocycles. The SMILES string of the molecule is CNC(=O)c1ccn([C@H]2CCCN(c3ccc4nc(C)nn4n3)C2)n1. The summed E-state index contributed by atoms with van der Waals surface area (Å²) in [5, 5.41) is 15.9. The molecule has 0 aliphatic carbocycles. The molecule has 25 heavy (non-hydrogen) atoms. The fourth-order valence-electron chi connectivity index (χ4n) is 3.22. The van der Waals surface area contributed by atoms with Gasteiger partial charge in [0.2, 0.25) is 0 Å². The minimum Gasteiger partial charge on any atom is -0.354 e. The summed E-state index contributed by atoms with van der Waals surface area (Å²) in [7, 11) is 1.61. The van der Waals surface area contributed by atoms with Crippen molar-refractivity contribution in [2.75, 3.05) is 25.0 Å². The molecule has 9 heteroatoms. The summed E-state index contributed by atoms with van der Waals surface area (Å²) in [5.74, 6) is 1.42. The van der Waals surface area contributed by atoms with Gasteiger partial charge in [0.15, 0.2) is 11.5 Å². The molecule has 0 bridgehead atoms. The lowest BCUT2D eigenvalue weighted by Gasteiger charge is -2.33. The predicted molar refractivity (Wildman–Crippen MR) is 91.6 cm³/mol. The van der Waals surface area contributed by atoms with E-state index in [2.05, 4.69) is 30.5 Å². The van der Waals surface area contributed by atoms with E-state index in [1.807, 2.05) is 29.9 Å². The highest BCUT2D eigenvalue weighted by Gasteiger charge is 2.24. The highest BCUT2D eigenvalue weighted by Crippen LogP contribution is 2.24. The van der Waals surface area contributed by atoms with E-state index in [0.29, 0.717) is 11.5 Å². The lowest BCUT2D eigenvalue weighted by molar-refractivity contribution is 0.0957. The zero-order valence-corrected chi connectivity index (χ0v) is 14.3. The van der Waals surface area contributed by atoms with Crippen molar-refractivity contribution in [3.63, 3.8) is 0 Å². The van der Waals surface area contributed by atoms with E-state index in [0.717, 1.165) is 37.4 Å². The Kier molecular flexibility index (Phi) is 3.83. The molecule has 1 fully saturated rings. The normalized spacial score (nSPS) is 17.8. The summed E-state index contributed by atoms with van der Waals surface area (Å²) >= 11 is 0. The molecule has 0 spiro atoms. The summed E-state index contributed by atoms with van der Waals surface area (Å²) in [6, 6.07) is 5.87. The Bertz CT molecular complexity index is 914. The molecule has 1 saturated heterocycles. The van der Waals surface area contributed by atoms with Crippen molar-refractivity contribution in [2.24, 2.45) is 0 Å². The van der Waals surface area contributed by atoms with Crippen LogP contribution < -0.4 is 10.2 Å². The van der Waals surface area contributed by atoms with Crippen LogP contribution in [0.15, 0.2) is 24.4 Å². The molecule has 9 nitrogen and oxygen atoms in total. The van der Waals surface area contributed by atoms with E-state index in [1.54, 1.807) is 17.7 Å². The number of nitrogens with one attached hydrogen (secondary N) is 1. The van der Waals surface area contributed by atoms with E-state index in [4.69, 9.17) is 0 Å². The third-order valence-electron chi connectivity index (χ3n) is 4.46. The number of hydrogen-bond donors (Lipinski definition) is 1. The van der Waals surface area contributed by atoms with Crippen molar-refractivity contribution >= 4 is 17.4 Å². The molecule has 1 aliphatic rings. The van der Waals surface area contributed by atoms with Crippen molar-refractivity contribution < 1.29 is 4.79 Å². The van der Waals surface area contributed by atoms with E-state index < -0.39 is 0 Å². The molecule has 0 unspecified atom stereocenters. The average molecular weight is 340 g/mol. The Labute approximate surface area is 144 Å². The molecule has 0 aromatic carbocycles. The van der Waals surface area contributed by atoms with Gasteiger partial charge in [-0.3, -0.25) is 9.48 Å². The van der Waals surface area contributed by atoms with Crippen molar-refractivity contribution in [2.45, 2.75) is 25.8 Å². The monoisotopic (exact) mass is 340 g/mol. The first kappa shape index (κ1) is 15.6. The second-order valence-corrected chi connectivity index (χ2v) is 6.20. The molecular weight excluding hydrogens is 320 g/mol. The maximum atomic E-state index is 11.7. The first-order valence-electron chi connectivity index (χ1n) is 8.37. The van der Waals surface area contributed by atoms with Gasteiger partial charge in [-0.25, -0.2) is 4.98 Å². The van der Waals surface area contributed by atoms with E-state index in [9.17, 15) is 4.79 Å². The topological polar surface area (TPSA) is 93.2 Å². The molecule has 130 valence electrons. The van der Waals surface area contributed by atoms with Crippen molar-refractivity contribution in [1.29, 1.82) is 0 Å². The van der Waals surface area contributed by atoms with Crippen LogP contribution in [0.5, 0.6) is 0 Å². The molecule has 0 radical (unpaired) electrons. The van der Waals surface area contributed by atoms with Gasteiger partial charge in [-0.05, 0) is 38.0 Å². The number of carbonyl (C=O) groups is 1. The summed E-state index contributed by atoms with van der Waals surface area (Å²) in [6.45, 7) is 3.58. The largest absolute Gasteiger partial charge is 0.354 e. The Morgan fingerprint density at radius 3 is 2.96 bits per heavy atom. The van der Waals surface area contributed by atoms with Gasteiger partial charge in [0.1, 0.15) is 11.5 Å². The number of aryl methyl sites for hydroxylation is 1. The van der Waals surface area contributed by atoms with Gasteiger partial charge >= 0.3 is 0 Å². The molecular formula is C16H20N8O. The summed E-state index contributed by atoms with van der Waals surface area (Å²) in [5.41, 5.74) is 1.19. The maximum Gasteiger partial charge on any atom is 0.271 e. The van der Waals surface area contributed by atoms with Gasteiger partial charge in [0.25, 0.3) is 5.91 Å². The second-order valence-electron chi connectivity index (χ2n) is 6.20. The molecule has 1 amide bonds. The van der Waals surface area contributed by atoms with Crippen LogP contribution in [0.4, 0.5) is 5.82 Å². The van der Waals surface area contributed by atoms with Crippen LogP contribution in [0.25, 0.3) is 5.65 Å². The van der Waals surface area contributed by atoms with Gasteiger partial charge in [-0.1, -0.05) is 0 Å². The zero-order chi connectivity index (χ0) is 17.4. The fraction of sp³-hybridized carbons (Fsp3) is 0.438. The maximum absolute atomic E-state index is 11.7. The third-order valence-corrected chi connectivity index (χ3v) is 4.46. The second kappa shape index (κ2) is 6.15. The summed E-state index contributed by atoms with van der Waals surface area (Å²) in [6.07, 6.45) is 3.93. The van der Waals surface area contributed by atoms with Gasteiger partial charge < -0.3 is 10.2 Å². The molecule has 3 aromatic heterocycles.